The minimum absolute atomic E-state index is 0.0996. The normalized spacial score (nSPS) is 14.3. The first-order valence-corrected chi connectivity index (χ1v) is 8.01. The molecule has 4 nitrogen and oxygen atoms in total. The summed E-state index contributed by atoms with van der Waals surface area (Å²) >= 11 is 0. The molecule has 0 atom stereocenters. The van der Waals surface area contributed by atoms with Crippen LogP contribution in [-0.2, 0) is 11.3 Å². The summed E-state index contributed by atoms with van der Waals surface area (Å²) in [6.07, 6.45) is 9.29. The summed E-state index contributed by atoms with van der Waals surface area (Å²) in [6, 6.07) is 12.2. The van der Waals surface area contributed by atoms with Gasteiger partial charge in [-0.05, 0) is 48.2 Å². The molecule has 23 heavy (non-hydrogen) atoms. The van der Waals surface area contributed by atoms with Crippen LogP contribution >= 0.6 is 0 Å². The Balaban J connectivity index is 1.49. The lowest BCUT2D eigenvalue weighted by atomic mass is 10.2. The third kappa shape index (κ3) is 4.42. The number of hydrogen-bond acceptors (Lipinski definition) is 3. The molecule has 1 aliphatic rings. The first kappa shape index (κ1) is 15.3. The summed E-state index contributed by atoms with van der Waals surface area (Å²) in [5.41, 5.74) is 3.29. The van der Waals surface area contributed by atoms with Crippen molar-refractivity contribution in [3.05, 3.63) is 66.0 Å². The number of pyridine rings is 1. The van der Waals surface area contributed by atoms with Crippen molar-refractivity contribution in [2.75, 3.05) is 18.0 Å². The Labute approximate surface area is 136 Å². The molecule has 2 aromatic rings. The molecule has 0 radical (unpaired) electrons. The van der Waals surface area contributed by atoms with Gasteiger partial charge >= 0.3 is 0 Å². The Hall–Kier alpha value is -2.62. The Kier molecular flexibility index (Phi) is 5.04. The van der Waals surface area contributed by atoms with E-state index in [1.54, 1.807) is 18.5 Å². The largest absolute Gasteiger partial charge is 0.372 e. The Morgan fingerprint density at radius 3 is 2.65 bits per heavy atom. The molecule has 0 unspecified atom stereocenters. The first-order chi connectivity index (χ1) is 11.3. The van der Waals surface area contributed by atoms with Crippen LogP contribution in [0.25, 0.3) is 6.08 Å². The van der Waals surface area contributed by atoms with Gasteiger partial charge in [-0.1, -0.05) is 18.2 Å². The van der Waals surface area contributed by atoms with Gasteiger partial charge in [0.2, 0.25) is 5.91 Å². The van der Waals surface area contributed by atoms with Gasteiger partial charge in [-0.15, -0.1) is 0 Å². The maximum Gasteiger partial charge on any atom is 0.244 e. The summed E-state index contributed by atoms with van der Waals surface area (Å²) in [5.74, 6) is -0.0996. The van der Waals surface area contributed by atoms with Crippen molar-refractivity contribution in [1.29, 1.82) is 0 Å². The van der Waals surface area contributed by atoms with E-state index in [0.717, 1.165) is 24.2 Å². The minimum atomic E-state index is -0.0996. The molecular weight excluding hydrogens is 286 g/mol. The molecule has 0 spiro atoms. The first-order valence-electron chi connectivity index (χ1n) is 8.01. The highest BCUT2D eigenvalue weighted by Crippen LogP contribution is 2.20. The zero-order valence-electron chi connectivity index (χ0n) is 13.1. The summed E-state index contributed by atoms with van der Waals surface area (Å²) in [7, 11) is 0. The molecule has 1 aromatic heterocycles. The number of carbonyl (C=O) groups is 1. The van der Waals surface area contributed by atoms with Crippen LogP contribution in [0.15, 0.2) is 54.9 Å². The fourth-order valence-electron chi connectivity index (χ4n) is 2.69. The van der Waals surface area contributed by atoms with Gasteiger partial charge in [-0.3, -0.25) is 9.78 Å². The van der Waals surface area contributed by atoms with Gasteiger partial charge in [-0.2, -0.15) is 0 Å². The van der Waals surface area contributed by atoms with E-state index in [2.05, 4.69) is 39.5 Å². The van der Waals surface area contributed by atoms with E-state index in [9.17, 15) is 4.79 Å². The minimum Gasteiger partial charge on any atom is -0.372 e. The highest BCUT2D eigenvalue weighted by Gasteiger charge is 2.11. The molecule has 1 amide bonds. The van der Waals surface area contributed by atoms with Crippen LogP contribution in [0.3, 0.4) is 0 Å². The topological polar surface area (TPSA) is 45.2 Å². The summed E-state index contributed by atoms with van der Waals surface area (Å²) in [4.78, 5) is 18.3. The lowest BCUT2D eigenvalue weighted by molar-refractivity contribution is -0.116. The van der Waals surface area contributed by atoms with Crippen LogP contribution in [0.1, 0.15) is 24.0 Å². The molecule has 1 saturated heterocycles. The fraction of sp³-hybridized carbons (Fsp3) is 0.263. The molecule has 1 fully saturated rings. The Morgan fingerprint density at radius 1 is 1.17 bits per heavy atom. The van der Waals surface area contributed by atoms with Gasteiger partial charge in [0.05, 0.1) is 0 Å². The number of rotatable bonds is 5. The van der Waals surface area contributed by atoms with Crippen molar-refractivity contribution in [1.82, 2.24) is 10.3 Å². The lowest BCUT2D eigenvalue weighted by Gasteiger charge is -2.17. The predicted octanol–water partition coefficient (Wildman–Crippen LogP) is 3.01. The van der Waals surface area contributed by atoms with Gasteiger partial charge in [0.25, 0.3) is 0 Å². The van der Waals surface area contributed by atoms with Crippen molar-refractivity contribution in [3.8, 4) is 0 Å². The van der Waals surface area contributed by atoms with Crippen LogP contribution in [-0.4, -0.2) is 24.0 Å². The second-order valence-electron chi connectivity index (χ2n) is 5.70. The van der Waals surface area contributed by atoms with E-state index in [-0.39, 0.29) is 5.91 Å². The average Bonchev–Trinajstić information content (AvgIpc) is 3.14. The van der Waals surface area contributed by atoms with E-state index in [4.69, 9.17) is 0 Å². The molecule has 1 aliphatic heterocycles. The van der Waals surface area contributed by atoms with Crippen molar-refractivity contribution in [3.63, 3.8) is 0 Å². The summed E-state index contributed by atoms with van der Waals surface area (Å²) < 4.78 is 0. The number of nitrogens with zero attached hydrogens (tertiary/aromatic N) is 2. The number of carbonyl (C=O) groups excluding carboxylic acids is 1. The van der Waals surface area contributed by atoms with E-state index in [1.165, 1.54) is 24.6 Å². The second kappa shape index (κ2) is 7.58. The molecule has 0 bridgehead atoms. The van der Waals surface area contributed by atoms with Gasteiger partial charge in [0, 0.05) is 43.8 Å². The number of aromatic nitrogens is 1. The van der Waals surface area contributed by atoms with E-state index in [1.807, 2.05) is 12.1 Å². The number of anilines is 1. The number of amides is 1. The quantitative estimate of drug-likeness (QED) is 0.864. The average molecular weight is 307 g/mol. The van der Waals surface area contributed by atoms with E-state index in [0.29, 0.717) is 6.54 Å². The van der Waals surface area contributed by atoms with Gasteiger partial charge in [0.1, 0.15) is 0 Å². The van der Waals surface area contributed by atoms with Gasteiger partial charge in [-0.25, -0.2) is 0 Å². The highest BCUT2D eigenvalue weighted by molar-refractivity contribution is 5.91. The smallest absolute Gasteiger partial charge is 0.244 e. The summed E-state index contributed by atoms with van der Waals surface area (Å²) in [6.45, 7) is 2.83. The van der Waals surface area contributed by atoms with Gasteiger partial charge in [0.15, 0.2) is 0 Å². The van der Waals surface area contributed by atoms with E-state index < -0.39 is 0 Å². The van der Waals surface area contributed by atoms with Crippen LogP contribution in [0.2, 0.25) is 0 Å². The molecule has 0 saturated carbocycles. The molecule has 1 N–H and O–H groups in total. The third-order valence-corrected chi connectivity index (χ3v) is 3.99. The van der Waals surface area contributed by atoms with Crippen molar-refractivity contribution < 1.29 is 4.79 Å². The molecule has 4 heteroatoms. The van der Waals surface area contributed by atoms with Crippen molar-refractivity contribution >= 4 is 17.7 Å². The van der Waals surface area contributed by atoms with Gasteiger partial charge < -0.3 is 10.2 Å². The van der Waals surface area contributed by atoms with Crippen molar-refractivity contribution in [2.24, 2.45) is 0 Å². The second-order valence-corrected chi connectivity index (χ2v) is 5.70. The highest BCUT2D eigenvalue weighted by atomic mass is 16.1. The zero-order chi connectivity index (χ0) is 15.9. The Bertz CT molecular complexity index is 659. The molecular formula is C19H21N3O. The van der Waals surface area contributed by atoms with Crippen molar-refractivity contribution in [2.45, 2.75) is 19.4 Å². The van der Waals surface area contributed by atoms with Crippen LogP contribution in [0, 0.1) is 0 Å². The van der Waals surface area contributed by atoms with Crippen LogP contribution in [0.4, 0.5) is 5.69 Å². The monoisotopic (exact) mass is 307 g/mol. The third-order valence-electron chi connectivity index (χ3n) is 3.99. The molecule has 2 heterocycles. The van der Waals surface area contributed by atoms with Crippen LogP contribution < -0.4 is 10.2 Å². The summed E-state index contributed by atoms with van der Waals surface area (Å²) in [5, 5.41) is 2.90. The fourth-order valence-corrected chi connectivity index (χ4v) is 2.69. The van der Waals surface area contributed by atoms with Crippen LogP contribution in [0.5, 0.6) is 0 Å². The van der Waals surface area contributed by atoms with E-state index >= 15 is 0 Å². The lowest BCUT2D eigenvalue weighted by Crippen LogP contribution is -2.20. The Morgan fingerprint density at radius 2 is 1.96 bits per heavy atom. The molecule has 0 aliphatic carbocycles. The maximum absolute atomic E-state index is 11.8. The number of hydrogen-bond donors (Lipinski definition) is 1. The molecule has 118 valence electrons. The molecule has 1 aromatic carbocycles. The predicted molar refractivity (Wildman–Crippen MR) is 93.0 cm³/mol. The molecule has 3 rings (SSSR count). The zero-order valence-corrected chi connectivity index (χ0v) is 13.1. The maximum atomic E-state index is 11.8. The standard InChI is InChI=1S/C19H21N3O/c23-19(10-7-16-4-3-11-20-14-16)21-15-17-5-8-18(9-6-17)22-12-1-2-13-22/h3-11,14H,1-2,12-13,15H2,(H,21,23)/b10-7+. The number of nitrogens with one attached hydrogen (secondary N) is 1. The SMILES string of the molecule is O=C(/C=C/c1cccnc1)NCc1ccc(N2CCCC2)cc1. The number of benzene rings is 1.